The van der Waals surface area contributed by atoms with Gasteiger partial charge in [0.1, 0.15) is 0 Å². The molecule has 1 N–H and O–H groups in total. The molecular weight excluding hydrogens is 254 g/mol. The lowest BCUT2D eigenvalue weighted by Crippen LogP contribution is -2.18. The highest BCUT2D eigenvalue weighted by Gasteiger charge is 2.06. The molecule has 0 bridgehead atoms. The Bertz CT molecular complexity index is 546. The quantitative estimate of drug-likeness (QED) is 0.843. The number of halogens is 1. The molecule has 19 heavy (non-hydrogen) atoms. The van der Waals surface area contributed by atoms with Crippen molar-refractivity contribution in [2.45, 2.75) is 33.4 Å². The summed E-state index contributed by atoms with van der Waals surface area (Å²) in [6.07, 6.45) is 0. The average molecular weight is 274 g/mol. The van der Waals surface area contributed by atoms with Crippen LogP contribution < -0.4 is 5.32 Å². The number of aryl methyl sites for hydroxylation is 2. The van der Waals surface area contributed by atoms with Gasteiger partial charge < -0.3 is 5.32 Å². The smallest absolute Gasteiger partial charge is 0.0406 e. The lowest BCUT2D eigenvalue weighted by atomic mass is 10.0. The summed E-state index contributed by atoms with van der Waals surface area (Å²) >= 11 is 5.91. The van der Waals surface area contributed by atoms with Crippen molar-refractivity contribution >= 4 is 11.6 Å². The highest BCUT2D eigenvalue weighted by atomic mass is 35.5. The SMILES string of the molecule is Cc1ccc(C)c(CN[C@H](C)c2ccc(Cl)cc2)c1. The summed E-state index contributed by atoms with van der Waals surface area (Å²) in [5.41, 5.74) is 5.26. The third-order valence-electron chi connectivity index (χ3n) is 3.47. The first-order valence-corrected chi connectivity index (χ1v) is 6.99. The number of nitrogens with one attached hydrogen (secondary N) is 1. The Morgan fingerprint density at radius 1 is 1.05 bits per heavy atom. The van der Waals surface area contributed by atoms with Gasteiger partial charge in [0, 0.05) is 17.6 Å². The van der Waals surface area contributed by atoms with Crippen molar-refractivity contribution in [1.29, 1.82) is 0 Å². The van der Waals surface area contributed by atoms with E-state index >= 15 is 0 Å². The van der Waals surface area contributed by atoms with E-state index in [-0.39, 0.29) is 0 Å². The van der Waals surface area contributed by atoms with Gasteiger partial charge in [-0.25, -0.2) is 0 Å². The molecule has 0 aromatic heterocycles. The van der Waals surface area contributed by atoms with Crippen LogP contribution in [0.15, 0.2) is 42.5 Å². The molecule has 2 aromatic rings. The summed E-state index contributed by atoms with van der Waals surface area (Å²) in [7, 11) is 0. The van der Waals surface area contributed by atoms with Crippen LogP contribution in [0.25, 0.3) is 0 Å². The van der Waals surface area contributed by atoms with E-state index in [1.165, 1.54) is 22.3 Å². The lowest BCUT2D eigenvalue weighted by Gasteiger charge is -2.16. The third kappa shape index (κ3) is 3.82. The van der Waals surface area contributed by atoms with E-state index in [0.717, 1.165) is 11.6 Å². The van der Waals surface area contributed by atoms with Gasteiger partial charge in [-0.1, -0.05) is 47.5 Å². The number of hydrogen-bond acceptors (Lipinski definition) is 1. The second-order valence-electron chi connectivity index (χ2n) is 5.08. The Balaban J connectivity index is 2.02. The molecule has 100 valence electrons. The van der Waals surface area contributed by atoms with Gasteiger partial charge in [0.05, 0.1) is 0 Å². The Kier molecular flexibility index (Phi) is 4.62. The fourth-order valence-corrected chi connectivity index (χ4v) is 2.25. The predicted molar refractivity (Wildman–Crippen MR) is 82.6 cm³/mol. The molecule has 0 saturated heterocycles. The predicted octanol–water partition coefficient (Wildman–Crippen LogP) is 4.81. The summed E-state index contributed by atoms with van der Waals surface area (Å²) in [6, 6.07) is 14.9. The van der Waals surface area contributed by atoms with E-state index in [0.29, 0.717) is 6.04 Å². The summed E-state index contributed by atoms with van der Waals surface area (Å²) in [6.45, 7) is 7.35. The molecule has 1 nitrogen and oxygen atoms in total. The van der Waals surface area contributed by atoms with Crippen LogP contribution >= 0.6 is 11.6 Å². The summed E-state index contributed by atoms with van der Waals surface area (Å²) in [4.78, 5) is 0. The minimum Gasteiger partial charge on any atom is -0.306 e. The standard InChI is InChI=1S/C17H20ClN/c1-12-4-5-13(2)16(10-12)11-19-14(3)15-6-8-17(18)9-7-15/h4-10,14,19H,11H2,1-3H3/t14-/m1/s1. The van der Waals surface area contributed by atoms with E-state index in [1.54, 1.807) is 0 Å². The van der Waals surface area contributed by atoms with Crippen LogP contribution in [0.2, 0.25) is 5.02 Å². The zero-order valence-corrected chi connectivity index (χ0v) is 12.5. The van der Waals surface area contributed by atoms with Crippen LogP contribution in [-0.4, -0.2) is 0 Å². The van der Waals surface area contributed by atoms with Crippen molar-refractivity contribution < 1.29 is 0 Å². The lowest BCUT2D eigenvalue weighted by molar-refractivity contribution is 0.573. The van der Waals surface area contributed by atoms with Crippen molar-refractivity contribution in [1.82, 2.24) is 5.32 Å². The molecule has 1 atom stereocenters. The van der Waals surface area contributed by atoms with E-state index in [1.807, 2.05) is 12.1 Å². The van der Waals surface area contributed by atoms with Crippen molar-refractivity contribution in [3.63, 3.8) is 0 Å². The second kappa shape index (κ2) is 6.23. The molecule has 2 rings (SSSR count). The van der Waals surface area contributed by atoms with Crippen molar-refractivity contribution in [2.24, 2.45) is 0 Å². The maximum Gasteiger partial charge on any atom is 0.0406 e. The van der Waals surface area contributed by atoms with E-state index < -0.39 is 0 Å². The van der Waals surface area contributed by atoms with Gasteiger partial charge in [0.15, 0.2) is 0 Å². The fraction of sp³-hybridized carbons (Fsp3) is 0.294. The Hall–Kier alpha value is -1.31. The van der Waals surface area contributed by atoms with Crippen LogP contribution in [0.4, 0.5) is 0 Å². The zero-order valence-electron chi connectivity index (χ0n) is 11.7. The van der Waals surface area contributed by atoms with Crippen molar-refractivity contribution in [3.05, 3.63) is 69.7 Å². The number of rotatable bonds is 4. The first-order chi connectivity index (χ1) is 9.06. The van der Waals surface area contributed by atoms with Gasteiger partial charge in [-0.05, 0) is 49.6 Å². The molecular formula is C17H20ClN. The van der Waals surface area contributed by atoms with Gasteiger partial charge >= 0.3 is 0 Å². The zero-order chi connectivity index (χ0) is 13.8. The molecule has 0 saturated carbocycles. The molecule has 0 spiro atoms. The van der Waals surface area contributed by atoms with Crippen LogP contribution in [0.3, 0.4) is 0 Å². The van der Waals surface area contributed by atoms with Crippen molar-refractivity contribution in [3.8, 4) is 0 Å². The summed E-state index contributed by atoms with van der Waals surface area (Å²) in [5.74, 6) is 0. The Morgan fingerprint density at radius 2 is 1.74 bits per heavy atom. The van der Waals surface area contributed by atoms with Crippen LogP contribution in [0.5, 0.6) is 0 Å². The monoisotopic (exact) mass is 273 g/mol. The minimum atomic E-state index is 0.317. The highest BCUT2D eigenvalue weighted by Crippen LogP contribution is 2.17. The number of benzene rings is 2. The van der Waals surface area contributed by atoms with Gasteiger partial charge in [0.2, 0.25) is 0 Å². The van der Waals surface area contributed by atoms with Crippen LogP contribution in [0.1, 0.15) is 35.2 Å². The van der Waals surface area contributed by atoms with Gasteiger partial charge in [-0.2, -0.15) is 0 Å². The fourth-order valence-electron chi connectivity index (χ4n) is 2.12. The molecule has 0 unspecified atom stereocenters. The number of hydrogen-bond donors (Lipinski definition) is 1. The summed E-state index contributed by atoms with van der Waals surface area (Å²) in [5, 5.41) is 4.34. The molecule has 0 fully saturated rings. The first-order valence-electron chi connectivity index (χ1n) is 6.61. The molecule has 2 heteroatoms. The van der Waals surface area contributed by atoms with Gasteiger partial charge in [-0.15, -0.1) is 0 Å². The molecule has 0 amide bonds. The van der Waals surface area contributed by atoms with E-state index in [9.17, 15) is 0 Å². The third-order valence-corrected chi connectivity index (χ3v) is 3.73. The van der Waals surface area contributed by atoms with Crippen LogP contribution in [0, 0.1) is 13.8 Å². The minimum absolute atomic E-state index is 0.317. The molecule has 2 aromatic carbocycles. The highest BCUT2D eigenvalue weighted by molar-refractivity contribution is 6.30. The maximum atomic E-state index is 5.91. The average Bonchev–Trinajstić information content (AvgIpc) is 2.40. The summed E-state index contributed by atoms with van der Waals surface area (Å²) < 4.78 is 0. The Labute approximate surface area is 120 Å². The molecule has 0 aliphatic carbocycles. The molecule has 0 aliphatic heterocycles. The maximum absolute atomic E-state index is 5.91. The Morgan fingerprint density at radius 3 is 2.42 bits per heavy atom. The molecule has 0 heterocycles. The normalized spacial score (nSPS) is 12.4. The largest absolute Gasteiger partial charge is 0.306 e. The van der Waals surface area contributed by atoms with Crippen molar-refractivity contribution in [2.75, 3.05) is 0 Å². The molecule has 0 radical (unpaired) electrons. The first kappa shape index (κ1) is 14.1. The van der Waals surface area contributed by atoms with E-state index in [4.69, 9.17) is 11.6 Å². The second-order valence-corrected chi connectivity index (χ2v) is 5.52. The van der Waals surface area contributed by atoms with E-state index in [2.05, 4.69) is 56.4 Å². The van der Waals surface area contributed by atoms with Crippen LogP contribution in [-0.2, 0) is 6.54 Å². The van der Waals surface area contributed by atoms with Gasteiger partial charge in [-0.3, -0.25) is 0 Å². The topological polar surface area (TPSA) is 12.0 Å². The van der Waals surface area contributed by atoms with Gasteiger partial charge in [0.25, 0.3) is 0 Å². The molecule has 0 aliphatic rings.